The van der Waals surface area contributed by atoms with E-state index >= 15 is 0 Å². The normalized spacial score (nSPS) is 9.83. The summed E-state index contributed by atoms with van der Waals surface area (Å²) in [7, 11) is 3.05. The van der Waals surface area contributed by atoms with E-state index < -0.39 is 0 Å². The summed E-state index contributed by atoms with van der Waals surface area (Å²) in [6, 6.07) is 7.11. The minimum atomic E-state index is -0.0274. The van der Waals surface area contributed by atoms with E-state index in [2.05, 4.69) is 4.98 Å². The highest BCUT2D eigenvalue weighted by Gasteiger charge is 2.19. The Morgan fingerprint density at radius 2 is 1.89 bits per heavy atom. The van der Waals surface area contributed by atoms with Crippen molar-refractivity contribution in [1.29, 1.82) is 5.26 Å². The highest BCUT2D eigenvalue weighted by atomic mass is 16.5. The van der Waals surface area contributed by atoms with Gasteiger partial charge in [-0.25, -0.2) is 0 Å². The summed E-state index contributed by atoms with van der Waals surface area (Å²) in [5.41, 5.74) is 6.10. The number of rotatable bonds is 3. The monoisotopic (exact) mass is 245 g/mol. The molecule has 2 aromatic rings. The molecule has 6 heteroatoms. The number of benzene rings is 1. The molecule has 1 aromatic heterocycles. The molecule has 0 radical (unpaired) electrons. The zero-order valence-electron chi connectivity index (χ0n) is 9.93. The first-order valence-electron chi connectivity index (χ1n) is 5.09. The number of ether oxygens (including phenoxy) is 2. The number of methoxy groups -OCH3 is 2. The molecule has 0 aliphatic rings. The van der Waals surface area contributed by atoms with Crippen LogP contribution in [-0.4, -0.2) is 19.2 Å². The number of hydrogen-bond donors (Lipinski definition) is 1. The second kappa shape index (κ2) is 4.67. The molecule has 0 spiro atoms. The van der Waals surface area contributed by atoms with Crippen LogP contribution >= 0.6 is 0 Å². The lowest BCUT2D eigenvalue weighted by Crippen LogP contribution is -1.93. The van der Waals surface area contributed by atoms with Gasteiger partial charge < -0.3 is 19.6 Å². The first-order chi connectivity index (χ1) is 8.71. The maximum Gasteiger partial charge on any atom is 0.237 e. The van der Waals surface area contributed by atoms with Gasteiger partial charge in [-0.2, -0.15) is 10.2 Å². The van der Waals surface area contributed by atoms with Crippen molar-refractivity contribution >= 4 is 5.88 Å². The zero-order chi connectivity index (χ0) is 13.1. The Kier molecular flexibility index (Phi) is 3.06. The van der Waals surface area contributed by atoms with Crippen LogP contribution in [0.15, 0.2) is 22.6 Å². The van der Waals surface area contributed by atoms with Crippen LogP contribution in [0.25, 0.3) is 11.5 Å². The molecule has 0 aliphatic heterocycles. The third-order valence-corrected chi connectivity index (χ3v) is 2.40. The van der Waals surface area contributed by atoms with Gasteiger partial charge in [0, 0.05) is 0 Å². The summed E-state index contributed by atoms with van der Waals surface area (Å²) in [5, 5.41) is 8.82. The Bertz CT molecular complexity index is 591. The topological polar surface area (TPSA) is 94.3 Å². The molecule has 2 N–H and O–H groups in total. The molecule has 2 rings (SSSR count). The Morgan fingerprint density at radius 1 is 1.28 bits per heavy atom. The van der Waals surface area contributed by atoms with Crippen molar-refractivity contribution < 1.29 is 13.9 Å². The molecule has 0 saturated heterocycles. The number of nitrogen functional groups attached to an aromatic ring is 1. The number of aromatic nitrogens is 1. The van der Waals surface area contributed by atoms with E-state index in [0.29, 0.717) is 17.1 Å². The standard InChI is InChI=1S/C12H11N3O3/c1-16-8-4-3-5-9(17-2)10(8)12-15-7(6-13)11(14)18-12/h3-5H,14H2,1-2H3. The number of hydrogen-bond acceptors (Lipinski definition) is 6. The molecule has 1 aromatic carbocycles. The molecule has 0 amide bonds. The van der Waals surface area contributed by atoms with Crippen LogP contribution in [-0.2, 0) is 0 Å². The first-order valence-corrected chi connectivity index (χ1v) is 5.09. The van der Waals surface area contributed by atoms with Crippen molar-refractivity contribution in [2.75, 3.05) is 20.0 Å². The first kappa shape index (κ1) is 11.8. The van der Waals surface area contributed by atoms with Crippen molar-refractivity contribution in [1.82, 2.24) is 4.98 Å². The molecule has 92 valence electrons. The quantitative estimate of drug-likeness (QED) is 0.886. The van der Waals surface area contributed by atoms with E-state index in [1.54, 1.807) is 18.2 Å². The van der Waals surface area contributed by atoms with Crippen molar-refractivity contribution in [2.45, 2.75) is 0 Å². The number of oxazole rings is 1. The SMILES string of the molecule is COc1cccc(OC)c1-c1nc(C#N)c(N)o1. The van der Waals surface area contributed by atoms with Gasteiger partial charge in [-0.1, -0.05) is 6.07 Å². The van der Waals surface area contributed by atoms with Crippen LogP contribution in [0.4, 0.5) is 5.88 Å². The van der Waals surface area contributed by atoms with Gasteiger partial charge in [0.1, 0.15) is 23.1 Å². The van der Waals surface area contributed by atoms with Crippen molar-refractivity contribution in [3.63, 3.8) is 0 Å². The molecular formula is C12H11N3O3. The molecule has 0 atom stereocenters. The third-order valence-electron chi connectivity index (χ3n) is 2.40. The van der Waals surface area contributed by atoms with Crippen LogP contribution in [0.1, 0.15) is 5.69 Å². The highest BCUT2D eigenvalue weighted by Crippen LogP contribution is 2.38. The number of nitrogens with two attached hydrogens (primary N) is 1. The Hall–Kier alpha value is -2.68. The Balaban J connectivity index is 2.65. The van der Waals surface area contributed by atoms with Crippen molar-refractivity contribution in [3.8, 4) is 29.0 Å². The minimum Gasteiger partial charge on any atom is -0.496 e. The van der Waals surface area contributed by atoms with E-state index in [4.69, 9.17) is 24.9 Å². The lowest BCUT2D eigenvalue weighted by Gasteiger charge is -2.09. The second-order valence-corrected chi connectivity index (χ2v) is 3.38. The smallest absolute Gasteiger partial charge is 0.237 e. The van der Waals surface area contributed by atoms with Crippen LogP contribution in [0, 0.1) is 11.3 Å². The predicted octanol–water partition coefficient (Wildman–Crippen LogP) is 1.81. The van der Waals surface area contributed by atoms with Gasteiger partial charge in [0.05, 0.1) is 14.2 Å². The summed E-state index contributed by atoms with van der Waals surface area (Å²) in [6.07, 6.45) is 0. The lowest BCUT2D eigenvalue weighted by molar-refractivity contribution is 0.394. The molecule has 0 saturated carbocycles. The number of nitrogens with zero attached hydrogens (tertiary/aromatic N) is 2. The molecular weight excluding hydrogens is 234 g/mol. The molecule has 0 bridgehead atoms. The molecule has 0 aliphatic carbocycles. The van der Waals surface area contributed by atoms with Crippen LogP contribution < -0.4 is 15.2 Å². The maximum atomic E-state index is 8.82. The Labute approximate surface area is 104 Å². The van der Waals surface area contributed by atoms with Gasteiger partial charge in [-0.05, 0) is 12.1 Å². The van der Waals surface area contributed by atoms with Gasteiger partial charge in [0.15, 0.2) is 0 Å². The van der Waals surface area contributed by atoms with E-state index in [9.17, 15) is 0 Å². The minimum absolute atomic E-state index is 0.0274. The molecule has 6 nitrogen and oxygen atoms in total. The van der Waals surface area contributed by atoms with Gasteiger partial charge in [0.2, 0.25) is 17.5 Å². The van der Waals surface area contributed by atoms with Gasteiger partial charge in [0.25, 0.3) is 0 Å². The molecule has 18 heavy (non-hydrogen) atoms. The lowest BCUT2D eigenvalue weighted by atomic mass is 10.1. The van der Waals surface area contributed by atoms with Crippen LogP contribution in [0.2, 0.25) is 0 Å². The summed E-state index contributed by atoms with van der Waals surface area (Å²) in [5.74, 6) is 1.22. The highest BCUT2D eigenvalue weighted by molar-refractivity contribution is 5.72. The Morgan fingerprint density at radius 3 is 2.33 bits per heavy atom. The second-order valence-electron chi connectivity index (χ2n) is 3.38. The molecule has 1 heterocycles. The van der Waals surface area contributed by atoms with Crippen molar-refractivity contribution in [2.24, 2.45) is 0 Å². The summed E-state index contributed by atoms with van der Waals surface area (Å²) in [4.78, 5) is 4.00. The van der Waals surface area contributed by atoms with E-state index in [1.807, 2.05) is 6.07 Å². The largest absolute Gasteiger partial charge is 0.496 e. The zero-order valence-corrected chi connectivity index (χ0v) is 9.93. The van der Waals surface area contributed by atoms with Gasteiger partial charge in [-0.3, -0.25) is 0 Å². The summed E-state index contributed by atoms with van der Waals surface area (Å²) >= 11 is 0. The molecule has 0 fully saturated rings. The van der Waals surface area contributed by atoms with E-state index in [-0.39, 0.29) is 17.5 Å². The van der Waals surface area contributed by atoms with Gasteiger partial charge in [-0.15, -0.1) is 0 Å². The fourth-order valence-corrected chi connectivity index (χ4v) is 1.58. The van der Waals surface area contributed by atoms with Gasteiger partial charge >= 0.3 is 0 Å². The average molecular weight is 245 g/mol. The predicted molar refractivity (Wildman–Crippen MR) is 64.2 cm³/mol. The van der Waals surface area contributed by atoms with Crippen LogP contribution in [0.3, 0.4) is 0 Å². The van der Waals surface area contributed by atoms with E-state index in [1.165, 1.54) is 14.2 Å². The maximum absolute atomic E-state index is 8.82. The number of nitriles is 1. The summed E-state index contributed by atoms with van der Waals surface area (Å²) < 4.78 is 15.7. The van der Waals surface area contributed by atoms with Crippen molar-refractivity contribution in [3.05, 3.63) is 23.9 Å². The van der Waals surface area contributed by atoms with E-state index in [0.717, 1.165) is 0 Å². The summed E-state index contributed by atoms with van der Waals surface area (Å²) in [6.45, 7) is 0. The fraction of sp³-hybridized carbons (Fsp3) is 0.167. The van der Waals surface area contributed by atoms with Crippen LogP contribution in [0.5, 0.6) is 11.5 Å². The average Bonchev–Trinajstić information content (AvgIpc) is 2.78. The third kappa shape index (κ3) is 1.82. The molecule has 0 unspecified atom stereocenters. The fourth-order valence-electron chi connectivity index (χ4n) is 1.58. The number of anilines is 1.